The molecule has 0 saturated carbocycles. The van der Waals surface area contributed by atoms with Gasteiger partial charge in [0, 0.05) is 30.8 Å². The highest BCUT2D eigenvalue weighted by atomic mass is 16.4. The Morgan fingerprint density at radius 1 is 1.35 bits per heavy atom. The number of aromatic nitrogens is 2. The Kier molecular flexibility index (Phi) is 5.15. The molecular weight excluding hydrogens is 254 g/mol. The van der Waals surface area contributed by atoms with E-state index in [-0.39, 0.29) is 5.84 Å². The molecule has 0 aliphatic heterocycles. The molecule has 0 saturated heterocycles. The highest BCUT2D eigenvalue weighted by Gasteiger charge is 2.18. The smallest absolute Gasteiger partial charge is 0.140 e. The first kappa shape index (κ1) is 14.6. The molecule has 6 nitrogen and oxygen atoms in total. The molecule has 6 heteroatoms. The summed E-state index contributed by atoms with van der Waals surface area (Å²) < 4.78 is 0. The summed E-state index contributed by atoms with van der Waals surface area (Å²) in [4.78, 5) is 11.1. The van der Waals surface area contributed by atoms with Crippen LogP contribution in [0.25, 0.3) is 0 Å². The lowest BCUT2D eigenvalue weighted by Gasteiger charge is -2.24. The van der Waals surface area contributed by atoms with Gasteiger partial charge < -0.3 is 15.8 Å². The number of nitrogens with zero attached hydrogens (tertiary/aromatic N) is 4. The monoisotopic (exact) mass is 277 g/mol. The topological polar surface area (TPSA) is 87.6 Å². The first-order valence-electron chi connectivity index (χ1n) is 7.30. The molecule has 1 aliphatic rings. The van der Waals surface area contributed by atoms with Gasteiger partial charge in [-0.3, -0.25) is 0 Å². The molecule has 0 atom stereocenters. The predicted octanol–water partition coefficient (Wildman–Crippen LogP) is 1.71. The van der Waals surface area contributed by atoms with Crippen LogP contribution in [-0.2, 0) is 12.8 Å². The van der Waals surface area contributed by atoms with Crippen molar-refractivity contribution in [1.82, 2.24) is 9.97 Å². The molecule has 0 radical (unpaired) electrons. The number of nitrogens with two attached hydrogens (primary N) is 1. The molecule has 0 bridgehead atoms. The van der Waals surface area contributed by atoms with E-state index in [1.165, 1.54) is 30.5 Å². The number of rotatable bonds is 5. The zero-order valence-electron chi connectivity index (χ0n) is 12.0. The quantitative estimate of drug-likeness (QED) is 0.281. The normalized spacial score (nSPS) is 15.6. The Hall–Kier alpha value is -1.85. The Labute approximate surface area is 119 Å². The van der Waals surface area contributed by atoms with Gasteiger partial charge in [0.05, 0.1) is 0 Å². The van der Waals surface area contributed by atoms with Gasteiger partial charge in [0.1, 0.15) is 18.0 Å². The molecule has 1 aliphatic carbocycles. The van der Waals surface area contributed by atoms with Crippen LogP contribution in [0.2, 0.25) is 0 Å². The van der Waals surface area contributed by atoms with Crippen molar-refractivity contribution in [1.29, 1.82) is 0 Å². The number of hydrogen-bond acceptors (Lipinski definition) is 5. The van der Waals surface area contributed by atoms with Crippen LogP contribution in [0.1, 0.15) is 43.9 Å². The van der Waals surface area contributed by atoms with Gasteiger partial charge in [0.15, 0.2) is 0 Å². The molecule has 0 fully saturated rings. The van der Waals surface area contributed by atoms with E-state index in [9.17, 15) is 0 Å². The number of anilines is 1. The fourth-order valence-electron chi connectivity index (χ4n) is 2.67. The van der Waals surface area contributed by atoms with E-state index in [1.807, 2.05) is 0 Å². The third kappa shape index (κ3) is 3.37. The van der Waals surface area contributed by atoms with Gasteiger partial charge in [-0.1, -0.05) is 11.6 Å². The highest BCUT2D eigenvalue weighted by Crippen LogP contribution is 2.26. The van der Waals surface area contributed by atoms with E-state index in [4.69, 9.17) is 10.9 Å². The molecule has 0 amide bonds. The summed E-state index contributed by atoms with van der Waals surface area (Å²) in [5.41, 5.74) is 8.03. The summed E-state index contributed by atoms with van der Waals surface area (Å²) >= 11 is 0. The lowest BCUT2D eigenvalue weighted by molar-refractivity contribution is 0.317. The molecule has 1 aromatic heterocycles. The Morgan fingerprint density at radius 3 is 2.90 bits per heavy atom. The zero-order chi connectivity index (χ0) is 14.4. The molecule has 110 valence electrons. The lowest BCUT2D eigenvalue weighted by Crippen LogP contribution is -2.30. The summed E-state index contributed by atoms with van der Waals surface area (Å²) in [6, 6.07) is 0. The van der Waals surface area contributed by atoms with Crippen LogP contribution in [0.4, 0.5) is 5.82 Å². The largest absolute Gasteiger partial charge is 0.409 e. The van der Waals surface area contributed by atoms with E-state index in [2.05, 4.69) is 26.9 Å². The average Bonchev–Trinajstić information content (AvgIpc) is 2.73. The fourth-order valence-corrected chi connectivity index (χ4v) is 2.67. The summed E-state index contributed by atoms with van der Waals surface area (Å²) in [6.07, 6.45) is 7.94. The molecule has 1 heterocycles. The second kappa shape index (κ2) is 7.07. The van der Waals surface area contributed by atoms with Gasteiger partial charge in [-0.2, -0.15) is 0 Å². The third-order valence-corrected chi connectivity index (χ3v) is 3.80. The number of oxime groups is 1. The van der Waals surface area contributed by atoms with Gasteiger partial charge in [0.2, 0.25) is 0 Å². The maximum atomic E-state index is 8.64. The minimum Gasteiger partial charge on any atom is -0.409 e. The lowest BCUT2D eigenvalue weighted by atomic mass is 10.1. The van der Waals surface area contributed by atoms with Crippen molar-refractivity contribution >= 4 is 11.7 Å². The maximum absolute atomic E-state index is 8.64. The average molecular weight is 277 g/mol. The van der Waals surface area contributed by atoms with Crippen molar-refractivity contribution in [3.63, 3.8) is 0 Å². The Morgan fingerprint density at radius 2 is 2.15 bits per heavy atom. The fraction of sp³-hybridized carbons (Fsp3) is 0.643. The molecule has 0 unspecified atom stereocenters. The van der Waals surface area contributed by atoms with Crippen LogP contribution >= 0.6 is 0 Å². The van der Waals surface area contributed by atoms with E-state index < -0.39 is 0 Å². The van der Waals surface area contributed by atoms with Crippen molar-refractivity contribution in [3.05, 3.63) is 17.6 Å². The number of aryl methyl sites for hydroxylation is 1. The third-order valence-electron chi connectivity index (χ3n) is 3.80. The molecule has 2 rings (SSSR count). The van der Waals surface area contributed by atoms with E-state index in [1.54, 1.807) is 6.33 Å². The van der Waals surface area contributed by atoms with Crippen molar-refractivity contribution in [2.45, 2.75) is 45.4 Å². The van der Waals surface area contributed by atoms with Gasteiger partial charge in [-0.05, 0) is 32.6 Å². The highest BCUT2D eigenvalue weighted by molar-refractivity contribution is 5.80. The first-order valence-corrected chi connectivity index (χ1v) is 7.30. The van der Waals surface area contributed by atoms with Gasteiger partial charge in [-0.25, -0.2) is 9.97 Å². The minimum atomic E-state index is 0.253. The van der Waals surface area contributed by atoms with Crippen molar-refractivity contribution < 1.29 is 5.21 Å². The van der Waals surface area contributed by atoms with E-state index >= 15 is 0 Å². The zero-order valence-corrected chi connectivity index (χ0v) is 12.0. The predicted molar refractivity (Wildman–Crippen MR) is 79.2 cm³/mol. The van der Waals surface area contributed by atoms with Crippen LogP contribution in [0.3, 0.4) is 0 Å². The summed E-state index contributed by atoms with van der Waals surface area (Å²) in [7, 11) is 0. The van der Waals surface area contributed by atoms with Gasteiger partial charge >= 0.3 is 0 Å². The van der Waals surface area contributed by atoms with E-state index in [0.717, 1.165) is 25.2 Å². The van der Waals surface area contributed by atoms with Crippen LogP contribution in [0, 0.1) is 0 Å². The van der Waals surface area contributed by atoms with Crippen LogP contribution in [0.15, 0.2) is 11.5 Å². The van der Waals surface area contributed by atoms with Crippen LogP contribution in [0.5, 0.6) is 0 Å². The van der Waals surface area contributed by atoms with Crippen molar-refractivity contribution in [3.8, 4) is 0 Å². The maximum Gasteiger partial charge on any atom is 0.140 e. The molecule has 1 aromatic rings. The summed E-state index contributed by atoms with van der Waals surface area (Å²) in [5, 5.41) is 11.7. The number of fused-ring (bicyclic) bond motifs is 1. The SMILES string of the molecule is CCN(CCC(N)=NO)c1ncnc2c1CCCCC2. The summed E-state index contributed by atoms with van der Waals surface area (Å²) in [6.45, 7) is 3.65. The van der Waals surface area contributed by atoms with E-state index in [0.29, 0.717) is 13.0 Å². The number of amidine groups is 1. The second-order valence-electron chi connectivity index (χ2n) is 5.10. The standard InChI is InChI=1S/C14H23N5O/c1-2-19(9-8-13(15)18-20)14-11-6-4-3-5-7-12(11)16-10-17-14/h10,20H,2-9H2,1H3,(H2,15,18). The Balaban J connectivity index is 2.21. The second-order valence-corrected chi connectivity index (χ2v) is 5.10. The van der Waals surface area contributed by atoms with Crippen molar-refractivity contribution in [2.75, 3.05) is 18.0 Å². The van der Waals surface area contributed by atoms with Gasteiger partial charge in [0.25, 0.3) is 0 Å². The summed E-state index contributed by atoms with van der Waals surface area (Å²) in [5.74, 6) is 1.27. The first-order chi connectivity index (χ1) is 9.76. The van der Waals surface area contributed by atoms with Crippen molar-refractivity contribution in [2.24, 2.45) is 10.9 Å². The van der Waals surface area contributed by atoms with Crippen LogP contribution < -0.4 is 10.6 Å². The molecule has 0 spiro atoms. The van der Waals surface area contributed by atoms with Gasteiger partial charge in [-0.15, -0.1) is 0 Å². The molecule has 0 aromatic carbocycles. The molecule has 20 heavy (non-hydrogen) atoms. The van der Waals surface area contributed by atoms with Crippen LogP contribution in [-0.4, -0.2) is 34.1 Å². The minimum absolute atomic E-state index is 0.253. The molecular formula is C14H23N5O. The molecule has 3 N–H and O–H groups in total. The Bertz CT molecular complexity index is 475. The number of hydrogen-bond donors (Lipinski definition) is 2.